The quantitative estimate of drug-likeness (QED) is 0.667. The number of hydrogen-bond acceptors (Lipinski definition) is 5. The zero-order chi connectivity index (χ0) is 14.5. The second kappa shape index (κ2) is 6.38. The van der Waals surface area contributed by atoms with Crippen LogP contribution in [-0.2, 0) is 4.79 Å². The van der Waals surface area contributed by atoms with Crippen LogP contribution in [0.2, 0.25) is 0 Å². The summed E-state index contributed by atoms with van der Waals surface area (Å²) in [5.74, 6) is -0.0886. The van der Waals surface area contributed by atoms with Crippen LogP contribution >= 0.6 is 11.8 Å². The maximum atomic E-state index is 12.2. The first kappa shape index (κ1) is 14.3. The van der Waals surface area contributed by atoms with E-state index in [1.165, 1.54) is 11.8 Å². The van der Waals surface area contributed by atoms with Gasteiger partial charge in [-0.15, -0.1) is 0 Å². The lowest BCUT2D eigenvalue weighted by Crippen LogP contribution is -2.23. The van der Waals surface area contributed by atoms with Gasteiger partial charge in [0.05, 0.1) is 11.4 Å². The number of carbonyl (C=O) groups excluding carboxylic acids is 1. The summed E-state index contributed by atoms with van der Waals surface area (Å²) in [6, 6.07) is 5.46. The predicted octanol–water partition coefficient (Wildman–Crippen LogP) is 2.49. The van der Waals surface area contributed by atoms with Gasteiger partial charge in [0.2, 0.25) is 5.91 Å². The van der Waals surface area contributed by atoms with Gasteiger partial charge in [0, 0.05) is 23.8 Å². The van der Waals surface area contributed by atoms with Gasteiger partial charge in [-0.2, -0.15) is 0 Å². The van der Waals surface area contributed by atoms with Crippen molar-refractivity contribution >= 4 is 29.0 Å². The first-order valence-electron chi connectivity index (χ1n) is 6.16. The number of anilines is 2. The maximum absolute atomic E-state index is 12.2. The largest absolute Gasteiger partial charge is 0.398 e. The minimum atomic E-state index is -0.271. The minimum absolute atomic E-state index is 0.0886. The highest BCUT2D eigenvalue weighted by Gasteiger charge is 2.16. The first-order valence-corrected chi connectivity index (χ1v) is 7.04. The van der Waals surface area contributed by atoms with Gasteiger partial charge in [0.15, 0.2) is 0 Å². The second-order valence-electron chi connectivity index (χ2n) is 4.31. The van der Waals surface area contributed by atoms with Gasteiger partial charge in [-0.3, -0.25) is 9.78 Å². The Morgan fingerprint density at radius 3 is 2.90 bits per heavy atom. The molecule has 0 bridgehead atoms. The number of nitrogens with two attached hydrogens (primary N) is 1. The summed E-state index contributed by atoms with van der Waals surface area (Å²) >= 11 is 1.36. The zero-order valence-corrected chi connectivity index (χ0v) is 12.1. The van der Waals surface area contributed by atoms with Gasteiger partial charge in [0.25, 0.3) is 0 Å². The van der Waals surface area contributed by atoms with E-state index in [0.29, 0.717) is 5.69 Å². The molecule has 1 atom stereocenters. The summed E-state index contributed by atoms with van der Waals surface area (Å²) in [7, 11) is 0. The highest BCUT2D eigenvalue weighted by Crippen LogP contribution is 2.24. The van der Waals surface area contributed by atoms with Gasteiger partial charge in [-0.25, -0.2) is 4.98 Å². The second-order valence-corrected chi connectivity index (χ2v) is 5.67. The molecule has 1 amide bonds. The fraction of sp³-hybridized carbons (Fsp3) is 0.214. The Labute approximate surface area is 122 Å². The number of nitrogens with one attached hydrogen (secondary N) is 1. The number of nitrogens with zero attached hydrogens (tertiary/aromatic N) is 2. The van der Waals surface area contributed by atoms with E-state index >= 15 is 0 Å². The van der Waals surface area contributed by atoms with Gasteiger partial charge < -0.3 is 11.1 Å². The molecule has 20 heavy (non-hydrogen) atoms. The Balaban J connectivity index is 2.03. The SMILES string of the molecule is Cc1c(N)cccc1NC(=O)C(C)Sc1cnccn1. The van der Waals surface area contributed by atoms with Crippen molar-refractivity contribution in [2.75, 3.05) is 11.1 Å². The molecule has 1 heterocycles. The van der Waals surface area contributed by atoms with Crippen LogP contribution in [0.15, 0.2) is 41.8 Å². The molecular weight excluding hydrogens is 272 g/mol. The molecule has 0 radical (unpaired) electrons. The Morgan fingerprint density at radius 1 is 1.40 bits per heavy atom. The number of carbonyl (C=O) groups is 1. The smallest absolute Gasteiger partial charge is 0.237 e. The molecule has 0 fully saturated rings. The average molecular weight is 288 g/mol. The van der Waals surface area contributed by atoms with E-state index in [2.05, 4.69) is 15.3 Å². The van der Waals surface area contributed by atoms with Crippen LogP contribution in [0.4, 0.5) is 11.4 Å². The lowest BCUT2D eigenvalue weighted by atomic mass is 10.1. The molecule has 2 aromatic rings. The van der Waals surface area contributed by atoms with Crippen molar-refractivity contribution in [3.63, 3.8) is 0 Å². The van der Waals surface area contributed by atoms with Crippen molar-refractivity contribution in [3.05, 3.63) is 42.4 Å². The van der Waals surface area contributed by atoms with Crippen LogP contribution in [0, 0.1) is 6.92 Å². The molecule has 1 aromatic carbocycles. The maximum Gasteiger partial charge on any atom is 0.237 e. The lowest BCUT2D eigenvalue weighted by Gasteiger charge is -2.13. The fourth-order valence-electron chi connectivity index (χ4n) is 1.60. The molecule has 2 rings (SSSR count). The van der Waals surface area contributed by atoms with Crippen molar-refractivity contribution in [3.8, 4) is 0 Å². The van der Waals surface area contributed by atoms with Crippen LogP contribution in [-0.4, -0.2) is 21.1 Å². The normalized spacial score (nSPS) is 11.9. The van der Waals surface area contributed by atoms with E-state index in [4.69, 9.17) is 5.73 Å². The van der Waals surface area contributed by atoms with Gasteiger partial charge in [0.1, 0.15) is 5.03 Å². The number of aromatic nitrogens is 2. The highest BCUT2D eigenvalue weighted by atomic mass is 32.2. The Hall–Kier alpha value is -2.08. The first-order chi connectivity index (χ1) is 9.58. The van der Waals surface area contributed by atoms with Crippen molar-refractivity contribution in [2.24, 2.45) is 0 Å². The van der Waals surface area contributed by atoms with Crippen molar-refractivity contribution in [1.82, 2.24) is 9.97 Å². The molecule has 6 heteroatoms. The number of amides is 1. The van der Waals surface area contributed by atoms with Crippen LogP contribution in [0.1, 0.15) is 12.5 Å². The summed E-state index contributed by atoms with van der Waals surface area (Å²) in [5, 5.41) is 3.33. The van der Waals surface area contributed by atoms with E-state index in [-0.39, 0.29) is 11.2 Å². The summed E-state index contributed by atoms with van der Waals surface area (Å²) in [4.78, 5) is 20.3. The van der Waals surface area contributed by atoms with Crippen LogP contribution < -0.4 is 11.1 Å². The van der Waals surface area contributed by atoms with E-state index in [1.807, 2.05) is 32.0 Å². The third-order valence-corrected chi connectivity index (χ3v) is 3.86. The third-order valence-electron chi connectivity index (χ3n) is 2.84. The minimum Gasteiger partial charge on any atom is -0.398 e. The van der Waals surface area contributed by atoms with E-state index in [1.54, 1.807) is 18.6 Å². The summed E-state index contributed by atoms with van der Waals surface area (Å²) in [6.45, 7) is 3.71. The molecule has 3 N–H and O–H groups in total. The number of hydrogen-bond donors (Lipinski definition) is 2. The average Bonchev–Trinajstić information content (AvgIpc) is 2.45. The summed E-state index contributed by atoms with van der Waals surface area (Å²) in [6.07, 6.45) is 4.85. The standard InChI is InChI=1S/C14H16N4OS/c1-9-11(15)4-3-5-12(9)18-14(19)10(2)20-13-8-16-6-7-17-13/h3-8,10H,15H2,1-2H3,(H,18,19). The lowest BCUT2D eigenvalue weighted by molar-refractivity contribution is -0.115. The third kappa shape index (κ3) is 3.48. The molecule has 1 aromatic heterocycles. The van der Waals surface area contributed by atoms with Crippen LogP contribution in [0.3, 0.4) is 0 Å². The van der Waals surface area contributed by atoms with Crippen LogP contribution in [0.25, 0.3) is 0 Å². The predicted molar refractivity (Wildman–Crippen MR) is 81.6 cm³/mol. The van der Waals surface area contributed by atoms with Crippen molar-refractivity contribution in [2.45, 2.75) is 24.1 Å². The molecule has 1 unspecified atom stereocenters. The Bertz CT molecular complexity index is 603. The molecule has 0 aliphatic rings. The monoisotopic (exact) mass is 288 g/mol. The highest BCUT2D eigenvalue weighted by molar-refractivity contribution is 8.00. The van der Waals surface area contributed by atoms with Gasteiger partial charge >= 0.3 is 0 Å². The fourth-order valence-corrected chi connectivity index (χ4v) is 2.38. The number of nitrogen functional groups attached to an aromatic ring is 1. The number of thioether (sulfide) groups is 1. The summed E-state index contributed by atoms with van der Waals surface area (Å²) in [5.41, 5.74) is 8.10. The molecule has 0 saturated heterocycles. The van der Waals surface area contributed by atoms with E-state index < -0.39 is 0 Å². The molecule has 0 aliphatic heterocycles. The molecule has 0 aliphatic carbocycles. The molecule has 0 spiro atoms. The summed E-state index contributed by atoms with van der Waals surface area (Å²) < 4.78 is 0. The molecule has 104 valence electrons. The van der Waals surface area contributed by atoms with Gasteiger partial charge in [-0.1, -0.05) is 17.8 Å². The zero-order valence-electron chi connectivity index (χ0n) is 11.3. The van der Waals surface area contributed by atoms with Gasteiger partial charge in [-0.05, 0) is 31.5 Å². The van der Waals surface area contributed by atoms with E-state index in [9.17, 15) is 4.79 Å². The van der Waals surface area contributed by atoms with E-state index in [0.717, 1.165) is 16.3 Å². The molecule has 5 nitrogen and oxygen atoms in total. The topological polar surface area (TPSA) is 80.9 Å². The molecular formula is C14H16N4OS. The Kier molecular flexibility index (Phi) is 4.57. The number of rotatable bonds is 4. The van der Waals surface area contributed by atoms with Crippen molar-refractivity contribution < 1.29 is 4.79 Å². The molecule has 0 saturated carbocycles. The number of benzene rings is 1. The Morgan fingerprint density at radius 2 is 2.20 bits per heavy atom. The van der Waals surface area contributed by atoms with Crippen LogP contribution in [0.5, 0.6) is 0 Å². The van der Waals surface area contributed by atoms with Crippen molar-refractivity contribution in [1.29, 1.82) is 0 Å².